The monoisotopic (exact) mass is 381 g/mol. The minimum absolute atomic E-state index is 0.469. The van der Waals surface area contributed by atoms with Crippen LogP contribution in [-0.4, -0.2) is 68.7 Å². The average molecular weight is 381 g/mol. The summed E-state index contributed by atoms with van der Waals surface area (Å²) in [4.78, 5) is 11.4. The number of hydrogen-bond donors (Lipinski definition) is 1. The fourth-order valence-electron chi connectivity index (χ4n) is 3.10. The summed E-state index contributed by atoms with van der Waals surface area (Å²) in [6, 6.07) is 2.19. The summed E-state index contributed by atoms with van der Waals surface area (Å²) in [5, 5.41) is 11.5. The van der Waals surface area contributed by atoms with E-state index in [2.05, 4.69) is 34.8 Å². The van der Waals surface area contributed by atoms with E-state index in [9.17, 15) is 13.2 Å². The number of alkyl halides is 3. The van der Waals surface area contributed by atoms with Crippen LogP contribution in [0.4, 0.5) is 13.2 Å². The second-order valence-electron chi connectivity index (χ2n) is 6.40. The molecule has 1 N–H and O–H groups in total. The standard InChI is InChI=1S/C13H21N3OS.C2HF3O2/c1-10-4-11(15(2)14-10)6-16-8-13(9-16)5-12(17-3)7-18-13;3-2(4,5)1(6)7/h4,12H,5-9H2,1-3H3;(H,6,7). The molecule has 0 amide bonds. The van der Waals surface area contributed by atoms with Gasteiger partial charge in [0, 0.05) is 44.3 Å². The van der Waals surface area contributed by atoms with Gasteiger partial charge in [-0.15, -0.1) is 11.8 Å². The fraction of sp³-hybridized carbons (Fsp3) is 0.733. The van der Waals surface area contributed by atoms with Crippen molar-refractivity contribution < 1.29 is 27.8 Å². The van der Waals surface area contributed by atoms with Gasteiger partial charge in [-0.05, 0) is 19.4 Å². The van der Waals surface area contributed by atoms with Crippen LogP contribution in [-0.2, 0) is 23.1 Å². The molecule has 1 unspecified atom stereocenters. The lowest BCUT2D eigenvalue weighted by molar-refractivity contribution is -0.192. The van der Waals surface area contributed by atoms with Crippen LogP contribution in [0, 0.1) is 6.92 Å². The number of rotatable bonds is 3. The van der Waals surface area contributed by atoms with Gasteiger partial charge in [0.2, 0.25) is 0 Å². The Morgan fingerprint density at radius 2 is 2.12 bits per heavy atom. The van der Waals surface area contributed by atoms with Crippen LogP contribution in [0.3, 0.4) is 0 Å². The molecule has 1 spiro atoms. The van der Waals surface area contributed by atoms with Crippen LogP contribution in [0.1, 0.15) is 17.8 Å². The molecule has 25 heavy (non-hydrogen) atoms. The second-order valence-corrected chi connectivity index (χ2v) is 7.89. The predicted molar refractivity (Wildman–Crippen MR) is 87.5 cm³/mol. The summed E-state index contributed by atoms with van der Waals surface area (Å²) in [6.45, 7) is 5.47. The maximum Gasteiger partial charge on any atom is 0.490 e. The summed E-state index contributed by atoms with van der Waals surface area (Å²) in [6.07, 6.45) is -3.40. The summed E-state index contributed by atoms with van der Waals surface area (Å²) < 4.78 is 39.7. The minimum Gasteiger partial charge on any atom is -0.475 e. The van der Waals surface area contributed by atoms with E-state index in [0.717, 1.165) is 18.0 Å². The molecule has 2 fully saturated rings. The molecule has 3 heterocycles. The topological polar surface area (TPSA) is 67.6 Å². The number of carboxylic acids is 1. The summed E-state index contributed by atoms with van der Waals surface area (Å²) in [5.74, 6) is -1.60. The lowest BCUT2D eigenvalue weighted by atomic mass is 9.93. The molecule has 2 aliphatic rings. The highest BCUT2D eigenvalue weighted by atomic mass is 32.2. The van der Waals surface area contributed by atoms with E-state index in [1.807, 2.05) is 18.8 Å². The molecule has 0 bridgehead atoms. The van der Waals surface area contributed by atoms with Crippen molar-refractivity contribution >= 4 is 17.7 Å². The van der Waals surface area contributed by atoms with E-state index in [1.54, 1.807) is 0 Å². The van der Waals surface area contributed by atoms with Gasteiger partial charge >= 0.3 is 12.1 Å². The van der Waals surface area contributed by atoms with Crippen LogP contribution < -0.4 is 0 Å². The van der Waals surface area contributed by atoms with Crippen LogP contribution in [0.15, 0.2) is 6.07 Å². The third-order valence-corrected chi connectivity index (χ3v) is 5.83. The molecule has 1 aromatic heterocycles. The first kappa shape index (κ1) is 20.1. The first-order chi connectivity index (χ1) is 11.5. The van der Waals surface area contributed by atoms with Gasteiger partial charge in [-0.2, -0.15) is 18.3 Å². The zero-order chi connectivity index (χ0) is 18.8. The lowest BCUT2D eigenvalue weighted by Crippen LogP contribution is -2.58. The Morgan fingerprint density at radius 3 is 2.52 bits per heavy atom. The minimum atomic E-state index is -5.08. The highest BCUT2D eigenvalue weighted by Gasteiger charge is 2.49. The smallest absolute Gasteiger partial charge is 0.475 e. The summed E-state index contributed by atoms with van der Waals surface area (Å²) in [5.41, 5.74) is 2.42. The SMILES string of the molecule is COC1CSC2(C1)CN(Cc1cc(C)nn1C)C2.O=C(O)C(F)(F)F. The first-order valence-electron chi connectivity index (χ1n) is 7.73. The highest BCUT2D eigenvalue weighted by Crippen LogP contribution is 2.46. The van der Waals surface area contributed by atoms with Gasteiger partial charge < -0.3 is 9.84 Å². The number of carbonyl (C=O) groups is 1. The molecule has 10 heteroatoms. The van der Waals surface area contributed by atoms with E-state index in [0.29, 0.717) is 10.9 Å². The molecule has 1 aromatic rings. The molecule has 6 nitrogen and oxygen atoms in total. The summed E-state index contributed by atoms with van der Waals surface area (Å²) >= 11 is 2.10. The number of hydrogen-bond acceptors (Lipinski definition) is 5. The normalized spacial score (nSPS) is 22.4. The van der Waals surface area contributed by atoms with E-state index in [4.69, 9.17) is 14.6 Å². The van der Waals surface area contributed by atoms with Crippen LogP contribution in [0.5, 0.6) is 0 Å². The molecule has 1 atom stereocenters. The van der Waals surface area contributed by atoms with Gasteiger partial charge in [0.25, 0.3) is 0 Å². The summed E-state index contributed by atoms with van der Waals surface area (Å²) in [7, 11) is 3.86. The van der Waals surface area contributed by atoms with Crippen molar-refractivity contribution in [1.29, 1.82) is 0 Å². The largest absolute Gasteiger partial charge is 0.490 e. The third-order valence-electron chi connectivity index (χ3n) is 4.26. The number of thioether (sulfide) groups is 1. The number of methoxy groups -OCH3 is 1. The van der Waals surface area contributed by atoms with Crippen LogP contribution in [0.2, 0.25) is 0 Å². The molecule has 142 valence electrons. The highest BCUT2D eigenvalue weighted by molar-refractivity contribution is 8.01. The molecule has 2 aliphatic heterocycles. The molecule has 2 saturated heterocycles. The molecule has 0 aromatic carbocycles. The van der Waals surface area contributed by atoms with Crippen molar-refractivity contribution in [2.75, 3.05) is 26.0 Å². The van der Waals surface area contributed by atoms with Gasteiger partial charge in [0.1, 0.15) is 0 Å². The Balaban J connectivity index is 0.000000277. The van der Waals surface area contributed by atoms with Gasteiger partial charge in [-0.3, -0.25) is 9.58 Å². The van der Waals surface area contributed by atoms with Gasteiger partial charge in [-0.1, -0.05) is 0 Å². The Morgan fingerprint density at radius 1 is 1.52 bits per heavy atom. The van der Waals surface area contributed by atoms with Crippen LogP contribution >= 0.6 is 11.8 Å². The lowest BCUT2D eigenvalue weighted by Gasteiger charge is -2.47. The van der Waals surface area contributed by atoms with Crippen LogP contribution in [0.25, 0.3) is 0 Å². The van der Waals surface area contributed by atoms with Gasteiger partial charge in [-0.25, -0.2) is 4.79 Å². The maximum absolute atomic E-state index is 10.6. The van der Waals surface area contributed by atoms with E-state index in [1.165, 1.54) is 25.2 Å². The zero-order valence-corrected chi connectivity index (χ0v) is 15.2. The fourth-order valence-corrected chi connectivity index (χ4v) is 4.74. The predicted octanol–water partition coefficient (Wildman–Crippen LogP) is 2.07. The molecular formula is C15H22F3N3O3S. The number of ether oxygens (including phenoxy) is 1. The maximum atomic E-state index is 10.6. The number of likely N-dealkylation sites (tertiary alicyclic amines) is 1. The zero-order valence-electron chi connectivity index (χ0n) is 14.3. The van der Waals surface area contributed by atoms with Crippen molar-refractivity contribution in [3.05, 3.63) is 17.5 Å². The van der Waals surface area contributed by atoms with Gasteiger partial charge in [0.15, 0.2) is 0 Å². The first-order valence-corrected chi connectivity index (χ1v) is 8.72. The number of nitrogens with zero attached hydrogens (tertiary/aromatic N) is 3. The number of carboxylic acid groups (broad SMARTS) is 1. The van der Waals surface area contributed by atoms with Crippen molar-refractivity contribution in [2.24, 2.45) is 7.05 Å². The average Bonchev–Trinajstić information content (AvgIpc) is 3.02. The Kier molecular flexibility index (Phi) is 6.05. The molecule has 3 rings (SSSR count). The third kappa shape index (κ3) is 5.11. The molecule has 0 radical (unpaired) electrons. The molecule has 0 aliphatic carbocycles. The van der Waals surface area contributed by atoms with E-state index in [-0.39, 0.29) is 0 Å². The quantitative estimate of drug-likeness (QED) is 0.865. The van der Waals surface area contributed by atoms with Crippen molar-refractivity contribution in [3.63, 3.8) is 0 Å². The number of aromatic nitrogens is 2. The van der Waals surface area contributed by atoms with Gasteiger partial charge in [0.05, 0.1) is 17.5 Å². The van der Waals surface area contributed by atoms with E-state index < -0.39 is 12.1 Å². The molecular weight excluding hydrogens is 359 g/mol. The second kappa shape index (κ2) is 7.55. The van der Waals surface area contributed by atoms with Crippen molar-refractivity contribution in [3.8, 4) is 0 Å². The number of aryl methyl sites for hydroxylation is 2. The Labute approximate surface area is 148 Å². The Hall–Kier alpha value is -1.26. The van der Waals surface area contributed by atoms with Crippen molar-refractivity contribution in [2.45, 2.75) is 36.9 Å². The molecule has 0 saturated carbocycles. The number of halogens is 3. The van der Waals surface area contributed by atoms with Crippen molar-refractivity contribution in [1.82, 2.24) is 14.7 Å². The number of aliphatic carboxylic acids is 1. The Bertz CT molecular complexity index is 615. The van der Waals surface area contributed by atoms with E-state index >= 15 is 0 Å².